The Balaban J connectivity index is 2.67. The number of terminal acetylenes is 1. The van der Waals surface area contributed by atoms with E-state index in [1.165, 1.54) is 0 Å². The quantitative estimate of drug-likeness (QED) is 0.766. The van der Waals surface area contributed by atoms with Crippen LogP contribution in [-0.2, 0) is 4.79 Å². The number of hydrogen-bond donors (Lipinski definition) is 1. The highest BCUT2D eigenvalue weighted by Gasteiger charge is 2.38. The lowest BCUT2D eigenvalue weighted by Crippen LogP contribution is -2.37. The van der Waals surface area contributed by atoms with Crippen LogP contribution < -0.4 is 5.73 Å². The van der Waals surface area contributed by atoms with Gasteiger partial charge in [0.25, 0.3) is 0 Å². The van der Waals surface area contributed by atoms with Crippen molar-refractivity contribution in [3.63, 3.8) is 0 Å². The van der Waals surface area contributed by atoms with Crippen molar-refractivity contribution < 1.29 is 4.79 Å². The first kappa shape index (κ1) is 14.4. The van der Waals surface area contributed by atoms with Crippen LogP contribution in [0.4, 0.5) is 0 Å². The molecule has 3 heteroatoms. The summed E-state index contributed by atoms with van der Waals surface area (Å²) in [6.45, 7) is 4.32. The molecule has 1 atom stereocenters. The van der Waals surface area contributed by atoms with Crippen LogP contribution in [0.25, 0.3) is 0 Å². The fraction of sp³-hybridized carbons (Fsp3) is 0.786. The van der Waals surface area contributed by atoms with Crippen molar-refractivity contribution in [2.24, 2.45) is 17.6 Å². The van der Waals surface area contributed by atoms with Gasteiger partial charge in [-0.2, -0.15) is 0 Å². The summed E-state index contributed by atoms with van der Waals surface area (Å²) in [7, 11) is 0. The van der Waals surface area contributed by atoms with E-state index in [-0.39, 0.29) is 16.6 Å². The van der Waals surface area contributed by atoms with E-state index in [0.29, 0.717) is 5.92 Å². The second kappa shape index (κ2) is 6.35. The molecule has 1 rings (SSSR count). The summed E-state index contributed by atoms with van der Waals surface area (Å²) in [6, 6.07) is 0. The summed E-state index contributed by atoms with van der Waals surface area (Å²) >= 11 is 1.89. The Morgan fingerprint density at radius 3 is 2.35 bits per heavy atom. The third-order valence-corrected chi connectivity index (χ3v) is 5.50. The van der Waals surface area contributed by atoms with E-state index in [2.05, 4.69) is 19.8 Å². The average Bonchev–Trinajstić information content (AvgIpc) is 2.36. The second-order valence-corrected chi connectivity index (χ2v) is 6.37. The highest BCUT2D eigenvalue weighted by Crippen LogP contribution is 2.44. The van der Waals surface area contributed by atoms with E-state index in [4.69, 9.17) is 12.2 Å². The maximum atomic E-state index is 11.2. The number of carbonyl (C=O) groups excluding carboxylic acids is 1. The van der Waals surface area contributed by atoms with Crippen molar-refractivity contribution in [1.29, 1.82) is 0 Å². The van der Waals surface area contributed by atoms with Crippen LogP contribution in [0.5, 0.6) is 0 Å². The zero-order chi connectivity index (χ0) is 12.9. The van der Waals surface area contributed by atoms with Gasteiger partial charge in [-0.1, -0.05) is 19.8 Å². The highest BCUT2D eigenvalue weighted by atomic mass is 32.2. The van der Waals surface area contributed by atoms with Gasteiger partial charge in [-0.15, -0.1) is 18.2 Å². The summed E-state index contributed by atoms with van der Waals surface area (Å²) in [5.74, 6) is 4.55. The van der Waals surface area contributed by atoms with Crippen molar-refractivity contribution in [2.75, 3.05) is 5.75 Å². The molecule has 1 unspecified atom stereocenters. The lowest BCUT2D eigenvalue weighted by Gasteiger charge is -2.39. The fourth-order valence-electron chi connectivity index (χ4n) is 2.87. The van der Waals surface area contributed by atoms with E-state index >= 15 is 0 Å². The van der Waals surface area contributed by atoms with Crippen LogP contribution in [0.1, 0.15) is 46.0 Å². The molecular formula is C14H23NOS. The minimum Gasteiger partial charge on any atom is -0.369 e. The molecule has 2 N–H and O–H groups in total. The zero-order valence-electron chi connectivity index (χ0n) is 10.9. The Morgan fingerprint density at radius 1 is 1.41 bits per heavy atom. The molecule has 1 fully saturated rings. The average molecular weight is 253 g/mol. The first-order valence-electron chi connectivity index (χ1n) is 6.50. The number of rotatable bonds is 5. The Kier molecular flexibility index (Phi) is 5.39. The predicted octanol–water partition coefficient (Wildman–Crippen LogP) is 2.81. The van der Waals surface area contributed by atoms with Crippen molar-refractivity contribution in [3.8, 4) is 12.3 Å². The largest absolute Gasteiger partial charge is 0.369 e. The van der Waals surface area contributed by atoms with E-state index in [0.717, 1.165) is 37.9 Å². The summed E-state index contributed by atoms with van der Waals surface area (Å²) in [4.78, 5) is 11.2. The van der Waals surface area contributed by atoms with E-state index in [9.17, 15) is 4.79 Å². The van der Waals surface area contributed by atoms with Gasteiger partial charge in [-0.05, 0) is 43.8 Å². The Bertz CT molecular complexity index is 302. The topological polar surface area (TPSA) is 43.1 Å². The molecule has 0 radical (unpaired) electrons. The predicted molar refractivity (Wildman–Crippen MR) is 74.6 cm³/mol. The number of carbonyl (C=O) groups is 1. The van der Waals surface area contributed by atoms with Gasteiger partial charge >= 0.3 is 0 Å². The third kappa shape index (κ3) is 3.19. The maximum absolute atomic E-state index is 11.2. The highest BCUT2D eigenvalue weighted by molar-refractivity contribution is 8.00. The molecule has 1 aliphatic rings. The molecule has 0 spiro atoms. The van der Waals surface area contributed by atoms with Gasteiger partial charge < -0.3 is 5.73 Å². The smallest absolute Gasteiger partial charge is 0.220 e. The monoisotopic (exact) mass is 253 g/mol. The lowest BCUT2D eigenvalue weighted by atomic mass is 9.74. The number of hydrogen-bond acceptors (Lipinski definition) is 2. The SMILES string of the molecule is C#CC(CC)(SCC)C1CCC(C(N)=O)CC1. The van der Waals surface area contributed by atoms with Gasteiger partial charge in [0.2, 0.25) is 5.91 Å². The van der Waals surface area contributed by atoms with Crippen LogP contribution in [-0.4, -0.2) is 16.4 Å². The summed E-state index contributed by atoms with van der Waals surface area (Å²) < 4.78 is -0.0304. The number of amides is 1. The van der Waals surface area contributed by atoms with E-state index < -0.39 is 0 Å². The Labute approximate surface area is 109 Å². The summed E-state index contributed by atoms with van der Waals surface area (Å²) in [6.07, 6.45) is 10.7. The molecule has 1 saturated carbocycles. The molecule has 0 aromatic heterocycles. The first-order chi connectivity index (χ1) is 8.09. The number of thioether (sulfide) groups is 1. The van der Waals surface area contributed by atoms with Crippen molar-refractivity contribution in [1.82, 2.24) is 0 Å². The maximum Gasteiger partial charge on any atom is 0.220 e. The molecule has 2 nitrogen and oxygen atoms in total. The Morgan fingerprint density at radius 2 is 2.00 bits per heavy atom. The molecule has 0 aromatic rings. The van der Waals surface area contributed by atoms with Crippen molar-refractivity contribution >= 4 is 17.7 Å². The summed E-state index contributed by atoms with van der Waals surface area (Å²) in [5.41, 5.74) is 5.36. The van der Waals surface area contributed by atoms with E-state index in [1.54, 1.807) is 0 Å². The van der Waals surface area contributed by atoms with Crippen molar-refractivity contribution in [3.05, 3.63) is 0 Å². The molecule has 0 aromatic carbocycles. The first-order valence-corrected chi connectivity index (χ1v) is 7.49. The van der Waals surface area contributed by atoms with E-state index in [1.807, 2.05) is 11.8 Å². The molecule has 0 bridgehead atoms. The molecule has 96 valence electrons. The zero-order valence-corrected chi connectivity index (χ0v) is 11.7. The summed E-state index contributed by atoms with van der Waals surface area (Å²) in [5, 5.41) is 0. The normalized spacial score (nSPS) is 28.1. The number of primary amides is 1. The minimum atomic E-state index is -0.144. The van der Waals surface area contributed by atoms with Gasteiger partial charge in [0.1, 0.15) is 0 Å². The van der Waals surface area contributed by atoms with Gasteiger partial charge in [0.15, 0.2) is 0 Å². The molecule has 17 heavy (non-hydrogen) atoms. The lowest BCUT2D eigenvalue weighted by molar-refractivity contribution is -0.123. The molecular weight excluding hydrogens is 230 g/mol. The molecule has 1 amide bonds. The third-order valence-electron chi connectivity index (χ3n) is 3.96. The molecule has 0 aliphatic heterocycles. The number of nitrogens with two attached hydrogens (primary N) is 1. The van der Waals surface area contributed by atoms with Crippen LogP contribution in [0.15, 0.2) is 0 Å². The van der Waals surface area contributed by atoms with Gasteiger partial charge in [0.05, 0.1) is 4.75 Å². The van der Waals surface area contributed by atoms with Crippen LogP contribution in [0.2, 0.25) is 0 Å². The standard InChI is InChI=1S/C14H23NOS/c1-4-14(5-2,17-6-3)12-9-7-11(8-10-12)13(15)16/h1,11-12H,5-10H2,2-3H3,(H2,15,16). The fourth-order valence-corrected chi connectivity index (χ4v) is 4.15. The van der Waals surface area contributed by atoms with Gasteiger partial charge in [-0.25, -0.2) is 0 Å². The van der Waals surface area contributed by atoms with Gasteiger partial charge in [0, 0.05) is 5.92 Å². The van der Waals surface area contributed by atoms with Gasteiger partial charge in [-0.3, -0.25) is 4.79 Å². The minimum absolute atomic E-state index is 0.0304. The van der Waals surface area contributed by atoms with Crippen LogP contribution in [0.3, 0.4) is 0 Å². The molecule has 1 aliphatic carbocycles. The Hall–Kier alpha value is -0.620. The van der Waals surface area contributed by atoms with Crippen LogP contribution in [0, 0.1) is 24.2 Å². The molecule has 0 saturated heterocycles. The van der Waals surface area contributed by atoms with Crippen molar-refractivity contribution in [2.45, 2.75) is 50.7 Å². The molecule has 0 heterocycles. The van der Waals surface area contributed by atoms with Crippen LogP contribution >= 0.6 is 11.8 Å². The second-order valence-electron chi connectivity index (χ2n) is 4.77.